The monoisotopic (exact) mass is 399 g/mol. The van der Waals surface area contributed by atoms with Gasteiger partial charge in [0.1, 0.15) is 0 Å². The quantitative estimate of drug-likeness (QED) is 0.531. The molecule has 28 heavy (non-hydrogen) atoms. The fraction of sp³-hybridized carbons (Fsp3) is 0.167. The summed E-state index contributed by atoms with van der Waals surface area (Å²) in [6.07, 6.45) is 5.05. The summed E-state index contributed by atoms with van der Waals surface area (Å²) in [4.78, 5) is 15.7. The van der Waals surface area contributed by atoms with Crippen LogP contribution in [-0.2, 0) is 23.1 Å². The second-order valence-corrected chi connectivity index (χ2v) is 7.78. The van der Waals surface area contributed by atoms with Crippen LogP contribution in [0.3, 0.4) is 0 Å². The molecule has 10 heteroatoms. The third kappa shape index (κ3) is 3.41. The third-order valence-electron chi connectivity index (χ3n) is 4.24. The Morgan fingerprint density at radius 2 is 1.93 bits per heavy atom. The highest BCUT2D eigenvalue weighted by Gasteiger charge is 2.18. The number of oxazole rings is 1. The van der Waals surface area contributed by atoms with E-state index >= 15 is 0 Å². The molecule has 0 aliphatic rings. The second kappa shape index (κ2) is 6.97. The molecule has 4 aromatic rings. The molecule has 0 aliphatic carbocycles. The smallest absolute Gasteiger partial charge is 0.408 e. The first-order valence-corrected chi connectivity index (χ1v) is 10.0. The molecule has 3 heterocycles. The van der Waals surface area contributed by atoms with Gasteiger partial charge in [-0.1, -0.05) is 0 Å². The maximum absolute atomic E-state index is 12.7. The van der Waals surface area contributed by atoms with Gasteiger partial charge in [0, 0.05) is 37.3 Å². The van der Waals surface area contributed by atoms with E-state index in [1.165, 1.54) is 16.7 Å². The number of hydrogen-bond donors (Lipinski definition) is 1. The molecule has 0 fully saturated rings. The van der Waals surface area contributed by atoms with Gasteiger partial charge in [0.05, 0.1) is 17.0 Å². The summed E-state index contributed by atoms with van der Waals surface area (Å²) in [5, 5.41) is 4.24. The Labute approximate surface area is 160 Å². The van der Waals surface area contributed by atoms with Gasteiger partial charge in [0.15, 0.2) is 11.4 Å². The summed E-state index contributed by atoms with van der Waals surface area (Å²) in [6, 6.07) is 9.61. The summed E-state index contributed by atoms with van der Waals surface area (Å²) < 4.78 is 36.0. The van der Waals surface area contributed by atoms with Crippen LogP contribution in [0.2, 0.25) is 0 Å². The van der Waals surface area contributed by atoms with Gasteiger partial charge in [0.2, 0.25) is 0 Å². The molecular weight excluding hydrogens is 382 g/mol. The fourth-order valence-corrected chi connectivity index (χ4v) is 3.90. The Morgan fingerprint density at radius 3 is 2.68 bits per heavy atom. The Kier molecular flexibility index (Phi) is 4.47. The molecule has 0 radical (unpaired) electrons. The molecule has 144 valence electrons. The van der Waals surface area contributed by atoms with Crippen LogP contribution in [0, 0.1) is 0 Å². The van der Waals surface area contributed by atoms with E-state index in [0.29, 0.717) is 18.6 Å². The normalized spacial score (nSPS) is 11.8. The number of nitrogens with zero attached hydrogens (tertiary/aromatic N) is 4. The first kappa shape index (κ1) is 18.0. The van der Waals surface area contributed by atoms with Crippen molar-refractivity contribution in [3.8, 4) is 0 Å². The average Bonchev–Trinajstić information content (AvgIpc) is 3.23. The van der Waals surface area contributed by atoms with Crippen molar-refractivity contribution < 1.29 is 12.8 Å². The maximum atomic E-state index is 12.7. The van der Waals surface area contributed by atoms with Crippen LogP contribution in [0.4, 0.5) is 5.82 Å². The van der Waals surface area contributed by atoms with Crippen molar-refractivity contribution >= 4 is 26.9 Å². The van der Waals surface area contributed by atoms with E-state index in [1.54, 1.807) is 35.4 Å². The van der Waals surface area contributed by atoms with Crippen molar-refractivity contribution in [1.82, 2.24) is 19.3 Å². The number of hydrogen-bond acceptors (Lipinski definition) is 6. The summed E-state index contributed by atoms with van der Waals surface area (Å²) >= 11 is 0. The minimum atomic E-state index is -3.88. The van der Waals surface area contributed by atoms with Gasteiger partial charge in [-0.05, 0) is 36.8 Å². The van der Waals surface area contributed by atoms with Gasteiger partial charge in [0.25, 0.3) is 10.0 Å². The van der Waals surface area contributed by atoms with Crippen LogP contribution in [0.1, 0.15) is 12.5 Å². The van der Waals surface area contributed by atoms with E-state index in [9.17, 15) is 13.2 Å². The van der Waals surface area contributed by atoms with Crippen LogP contribution in [0.5, 0.6) is 0 Å². The molecule has 0 aliphatic heterocycles. The molecule has 0 bridgehead atoms. The number of aromatic nitrogens is 4. The highest BCUT2D eigenvalue weighted by Crippen LogP contribution is 2.20. The minimum absolute atomic E-state index is 0.0133. The maximum Gasteiger partial charge on any atom is 0.419 e. The first-order chi connectivity index (χ1) is 13.5. The van der Waals surface area contributed by atoms with Crippen molar-refractivity contribution in [2.45, 2.75) is 24.9 Å². The van der Waals surface area contributed by atoms with Crippen LogP contribution in [0.25, 0.3) is 11.1 Å². The molecule has 3 aromatic heterocycles. The highest BCUT2D eigenvalue weighted by atomic mass is 32.2. The number of anilines is 1. The molecule has 1 aromatic carbocycles. The SMILES string of the molecule is CCn1c(=O)oc2cc(S(=O)(=O)Nc3ccn(Cc4ccncc4)n3)ccc21. The van der Waals surface area contributed by atoms with Crippen molar-refractivity contribution in [3.63, 3.8) is 0 Å². The molecule has 0 saturated heterocycles. The lowest BCUT2D eigenvalue weighted by atomic mass is 10.3. The Balaban J connectivity index is 1.58. The Morgan fingerprint density at radius 1 is 1.14 bits per heavy atom. The van der Waals surface area contributed by atoms with Gasteiger partial charge in [-0.2, -0.15) is 5.10 Å². The number of sulfonamides is 1. The summed E-state index contributed by atoms with van der Waals surface area (Å²) in [5.41, 5.74) is 1.76. The summed E-state index contributed by atoms with van der Waals surface area (Å²) in [6.45, 7) is 2.74. The Bertz CT molecular complexity index is 1290. The van der Waals surface area contributed by atoms with Crippen molar-refractivity contribution in [2.24, 2.45) is 0 Å². The van der Waals surface area contributed by atoms with Gasteiger partial charge >= 0.3 is 5.76 Å². The number of fused-ring (bicyclic) bond motifs is 1. The lowest BCUT2D eigenvalue weighted by Gasteiger charge is -2.06. The predicted octanol–water partition coefficient (Wildman–Crippen LogP) is 2.05. The van der Waals surface area contributed by atoms with Gasteiger partial charge < -0.3 is 4.42 Å². The number of aryl methyl sites for hydroxylation is 1. The second-order valence-electron chi connectivity index (χ2n) is 6.10. The number of benzene rings is 1. The third-order valence-corrected chi connectivity index (χ3v) is 5.59. The lowest BCUT2D eigenvalue weighted by Crippen LogP contribution is -2.14. The minimum Gasteiger partial charge on any atom is -0.408 e. The van der Waals surface area contributed by atoms with Crippen LogP contribution in [0.15, 0.2) is 69.1 Å². The van der Waals surface area contributed by atoms with E-state index in [-0.39, 0.29) is 16.3 Å². The van der Waals surface area contributed by atoms with E-state index in [1.807, 2.05) is 19.1 Å². The average molecular weight is 399 g/mol. The molecule has 0 spiro atoms. The van der Waals surface area contributed by atoms with Crippen LogP contribution < -0.4 is 10.5 Å². The topological polar surface area (TPSA) is 112 Å². The first-order valence-electron chi connectivity index (χ1n) is 8.55. The lowest BCUT2D eigenvalue weighted by molar-refractivity contribution is 0.512. The molecule has 0 saturated carbocycles. The van der Waals surface area contributed by atoms with Crippen molar-refractivity contribution in [3.05, 3.63) is 71.1 Å². The molecule has 0 amide bonds. The van der Waals surface area contributed by atoms with Crippen LogP contribution >= 0.6 is 0 Å². The largest absolute Gasteiger partial charge is 0.419 e. The number of pyridine rings is 1. The summed E-state index contributed by atoms with van der Waals surface area (Å²) in [7, 11) is -3.88. The van der Waals surface area contributed by atoms with Crippen molar-refractivity contribution in [2.75, 3.05) is 4.72 Å². The van der Waals surface area contributed by atoms with E-state index < -0.39 is 15.8 Å². The zero-order valence-electron chi connectivity index (χ0n) is 14.9. The zero-order chi connectivity index (χ0) is 19.7. The predicted molar refractivity (Wildman–Crippen MR) is 103 cm³/mol. The van der Waals surface area contributed by atoms with E-state index in [4.69, 9.17) is 4.42 Å². The van der Waals surface area contributed by atoms with Gasteiger partial charge in [-0.15, -0.1) is 0 Å². The number of nitrogens with one attached hydrogen (secondary N) is 1. The zero-order valence-corrected chi connectivity index (χ0v) is 15.8. The molecule has 0 atom stereocenters. The highest BCUT2D eigenvalue weighted by molar-refractivity contribution is 7.92. The molecule has 1 N–H and O–H groups in total. The molecule has 4 rings (SSSR count). The van der Waals surface area contributed by atoms with Crippen LogP contribution in [-0.4, -0.2) is 27.7 Å². The van der Waals surface area contributed by atoms with E-state index in [2.05, 4.69) is 14.8 Å². The van der Waals surface area contributed by atoms with Gasteiger partial charge in [-0.25, -0.2) is 13.2 Å². The standard InChI is InChI=1S/C18H17N5O4S/c1-2-23-15-4-3-14(11-16(15)27-18(23)24)28(25,26)21-17-7-10-22(20-17)12-13-5-8-19-9-6-13/h3-11H,2,12H2,1H3,(H,20,21). The molecule has 9 nitrogen and oxygen atoms in total. The number of rotatable bonds is 6. The molecular formula is C18H17N5O4S. The molecule has 0 unspecified atom stereocenters. The van der Waals surface area contributed by atoms with Crippen molar-refractivity contribution in [1.29, 1.82) is 0 Å². The van der Waals surface area contributed by atoms with E-state index in [0.717, 1.165) is 5.56 Å². The summed E-state index contributed by atoms with van der Waals surface area (Å²) in [5.74, 6) is -0.323. The Hall–Kier alpha value is -3.40. The fourth-order valence-electron chi connectivity index (χ4n) is 2.89. The van der Waals surface area contributed by atoms with Gasteiger partial charge in [-0.3, -0.25) is 19.0 Å².